The summed E-state index contributed by atoms with van der Waals surface area (Å²) >= 11 is 0. The van der Waals surface area contributed by atoms with Crippen molar-refractivity contribution in [2.24, 2.45) is 0 Å². The van der Waals surface area contributed by atoms with Crippen molar-refractivity contribution in [1.82, 2.24) is 4.90 Å². The molecule has 0 spiro atoms. The van der Waals surface area contributed by atoms with Gasteiger partial charge >= 0.3 is 0 Å². The Morgan fingerprint density at radius 1 is 1.17 bits per heavy atom. The van der Waals surface area contributed by atoms with Gasteiger partial charge in [-0.2, -0.15) is 0 Å². The van der Waals surface area contributed by atoms with Crippen LogP contribution in [0.15, 0.2) is 0 Å². The lowest BCUT2D eigenvalue weighted by Crippen LogP contribution is -2.29. The van der Waals surface area contributed by atoms with E-state index in [4.69, 9.17) is 0 Å². The number of carbonyl (C=O) groups is 1. The smallest absolute Gasteiger partial charge is 0.126 e. The van der Waals surface area contributed by atoms with Crippen molar-refractivity contribution < 1.29 is 4.79 Å². The lowest BCUT2D eigenvalue weighted by molar-refractivity contribution is -0.114. The van der Waals surface area contributed by atoms with Crippen LogP contribution in [0.5, 0.6) is 0 Å². The van der Waals surface area contributed by atoms with E-state index in [0.717, 1.165) is 0 Å². The van der Waals surface area contributed by atoms with Crippen LogP contribution in [0.1, 0.15) is 40.0 Å². The lowest BCUT2D eigenvalue weighted by atomic mass is 10.1. The molecule has 1 fully saturated rings. The van der Waals surface area contributed by atoms with E-state index in [2.05, 4.69) is 11.8 Å². The molecule has 0 aliphatic carbocycles. The summed E-state index contributed by atoms with van der Waals surface area (Å²) in [7, 11) is 0. The molecule has 1 rings (SSSR count). The van der Waals surface area contributed by atoms with Crippen LogP contribution in [0.25, 0.3) is 0 Å². The minimum Gasteiger partial charge on any atom is -0.304 e. The monoisotopic (exact) mass is 171 g/mol. The predicted octanol–water partition coefficient (Wildman–Crippen LogP) is 2.09. The van der Waals surface area contributed by atoms with E-state index in [9.17, 15) is 4.79 Å². The molecule has 2 heteroatoms. The molecule has 0 aromatic heterocycles. The summed E-state index contributed by atoms with van der Waals surface area (Å²) in [4.78, 5) is 12.0. The van der Waals surface area contributed by atoms with Gasteiger partial charge < -0.3 is 9.69 Å². The Kier molecular flexibility index (Phi) is 7.06. The van der Waals surface area contributed by atoms with Crippen LogP contribution < -0.4 is 0 Å². The Labute approximate surface area is 75.9 Å². The fourth-order valence-corrected chi connectivity index (χ4v) is 1.28. The fourth-order valence-electron chi connectivity index (χ4n) is 1.28. The van der Waals surface area contributed by atoms with E-state index in [-0.39, 0.29) is 5.78 Å². The Balaban J connectivity index is 0.000000261. The van der Waals surface area contributed by atoms with E-state index in [0.29, 0.717) is 0 Å². The summed E-state index contributed by atoms with van der Waals surface area (Å²) in [6.07, 6.45) is 4.30. The molecule has 0 radical (unpaired) electrons. The van der Waals surface area contributed by atoms with Gasteiger partial charge in [0, 0.05) is 0 Å². The number of likely N-dealkylation sites (tertiary alicyclic amines) is 1. The highest BCUT2D eigenvalue weighted by atomic mass is 16.1. The molecule has 0 saturated carbocycles. The second-order valence-corrected chi connectivity index (χ2v) is 3.40. The van der Waals surface area contributed by atoms with E-state index in [1.165, 1.54) is 52.7 Å². The maximum atomic E-state index is 9.44. The van der Waals surface area contributed by atoms with Crippen LogP contribution in [0, 0.1) is 0 Å². The summed E-state index contributed by atoms with van der Waals surface area (Å²) in [5.41, 5.74) is 0. The van der Waals surface area contributed by atoms with Crippen molar-refractivity contribution in [2.75, 3.05) is 19.6 Å². The molecule has 0 atom stereocenters. The second kappa shape index (κ2) is 7.29. The number of nitrogens with zero attached hydrogens (tertiary/aromatic N) is 1. The maximum Gasteiger partial charge on any atom is 0.126 e. The predicted molar refractivity (Wildman–Crippen MR) is 52.3 cm³/mol. The number of hydrogen-bond acceptors (Lipinski definition) is 2. The quantitative estimate of drug-likeness (QED) is 0.602. The molecule has 1 aliphatic rings. The first-order chi connectivity index (χ1) is 5.66. The topological polar surface area (TPSA) is 20.3 Å². The van der Waals surface area contributed by atoms with Gasteiger partial charge in [-0.25, -0.2) is 0 Å². The largest absolute Gasteiger partial charge is 0.304 e. The van der Waals surface area contributed by atoms with Crippen LogP contribution in [0.4, 0.5) is 0 Å². The van der Waals surface area contributed by atoms with Crippen LogP contribution >= 0.6 is 0 Å². The number of Topliss-reactive ketones (excluding diaryl/α,β-unsaturated/α-hetero) is 1. The van der Waals surface area contributed by atoms with Gasteiger partial charge in [-0.05, 0) is 46.3 Å². The van der Waals surface area contributed by atoms with Gasteiger partial charge in [0.25, 0.3) is 0 Å². The Bertz CT molecular complexity index is 113. The SMILES string of the molecule is CC(C)=O.CCN1CCCCC1. The molecule has 0 aromatic carbocycles. The molecule has 0 N–H and O–H groups in total. The highest BCUT2D eigenvalue weighted by Gasteiger charge is 2.05. The molecular weight excluding hydrogens is 150 g/mol. The van der Waals surface area contributed by atoms with E-state index in [1.54, 1.807) is 0 Å². The van der Waals surface area contributed by atoms with Gasteiger partial charge in [0.15, 0.2) is 0 Å². The molecule has 0 amide bonds. The number of rotatable bonds is 1. The minimum absolute atomic E-state index is 0.167. The summed E-state index contributed by atoms with van der Waals surface area (Å²) in [6.45, 7) is 9.23. The van der Waals surface area contributed by atoms with Crippen LogP contribution in [0.2, 0.25) is 0 Å². The minimum atomic E-state index is 0.167. The Morgan fingerprint density at radius 3 is 1.83 bits per heavy atom. The van der Waals surface area contributed by atoms with Gasteiger partial charge in [0.2, 0.25) is 0 Å². The molecule has 72 valence electrons. The number of hydrogen-bond donors (Lipinski definition) is 0. The molecule has 12 heavy (non-hydrogen) atoms. The van der Waals surface area contributed by atoms with Crippen molar-refractivity contribution in [2.45, 2.75) is 40.0 Å². The average Bonchev–Trinajstić information content (AvgIpc) is 2.05. The Hall–Kier alpha value is -0.370. The molecule has 2 nitrogen and oxygen atoms in total. The van der Waals surface area contributed by atoms with Crippen LogP contribution in [-0.4, -0.2) is 30.3 Å². The highest BCUT2D eigenvalue weighted by Crippen LogP contribution is 2.06. The summed E-state index contributed by atoms with van der Waals surface area (Å²) in [6, 6.07) is 0. The van der Waals surface area contributed by atoms with Crippen LogP contribution in [-0.2, 0) is 4.79 Å². The lowest BCUT2D eigenvalue weighted by Gasteiger charge is -2.24. The van der Waals surface area contributed by atoms with E-state index >= 15 is 0 Å². The third-order valence-corrected chi connectivity index (χ3v) is 1.90. The van der Waals surface area contributed by atoms with E-state index in [1.807, 2.05) is 0 Å². The number of ketones is 1. The third-order valence-electron chi connectivity index (χ3n) is 1.90. The van der Waals surface area contributed by atoms with E-state index < -0.39 is 0 Å². The first-order valence-electron chi connectivity index (χ1n) is 4.86. The van der Waals surface area contributed by atoms with Gasteiger partial charge in [0.1, 0.15) is 5.78 Å². The molecule has 0 aromatic rings. The zero-order valence-electron chi connectivity index (χ0n) is 8.60. The maximum absolute atomic E-state index is 9.44. The van der Waals surface area contributed by atoms with Crippen molar-refractivity contribution >= 4 is 5.78 Å². The van der Waals surface area contributed by atoms with Crippen molar-refractivity contribution in [1.29, 1.82) is 0 Å². The van der Waals surface area contributed by atoms with Crippen LogP contribution in [0.3, 0.4) is 0 Å². The summed E-state index contributed by atoms with van der Waals surface area (Å²) in [5.74, 6) is 0.167. The third kappa shape index (κ3) is 7.73. The molecule has 1 saturated heterocycles. The van der Waals surface area contributed by atoms with Gasteiger partial charge in [0.05, 0.1) is 0 Å². The molecule has 1 aliphatic heterocycles. The average molecular weight is 171 g/mol. The van der Waals surface area contributed by atoms with Gasteiger partial charge in [-0.1, -0.05) is 13.3 Å². The van der Waals surface area contributed by atoms with Gasteiger partial charge in [-0.15, -0.1) is 0 Å². The van der Waals surface area contributed by atoms with Crippen molar-refractivity contribution in [3.8, 4) is 0 Å². The second-order valence-electron chi connectivity index (χ2n) is 3.40. The van der Waals surface area contributed by atoms with Crippen molar-refractivity contribution in [3.63, 3.8) is 0 Å². The summed E-state index contributed by atoms with van der Waals surface area (Å²) in [5, 5.41) is 0. The first-order valence-corrected chi connectivity index (χ1v) is 4.86. The Morgan fingerprint density at radius 2 is 1.58 bits per heavy atom. The first kappa shape index (κ1) is 11.6. The standard InChI is InChI=1S/C7H15N.C3H6O/c1-2-8-6-4-3-5-7-8;1-3(2)4/h2-7H2,1H3;1-2H3. The highest BCUT2D eigenvalue weighted by molar-refractivity contribution is 5.72. The number of carbonyl (C=O) groups excluding carboxylic acids is 1. The zero-order valence-corrected chi connectivity index (χ0v) is 8.60. The fraction of sp³-hybridized carbons (Fsp3) is 0.900. The molecule has 0 bridgehead atoms. The molecule has 0 unspecified atom stereocenters. The molecule has 1 heterocycles. The zero-order chi connectivity index (χ0) is 9.40. The number of piperidine rings is 1. The molecular formula is C10H21NO. The normalized spacial score (nSPS) is 17.9. The summed E-state index contributed by atoms with van der Waals surface area (Å²) < 4.78 is 0. The van der Waals surface area contributed by atoms with Gasteiger partial charge in [-0.3, -0.25) is 0 Å². The van der Waals surface area contributed by atoms with Crippen molar-refractivity contribution in [3.05, 3.63) is 0 Å².